The highest BCUT2D eigenvalue weighted by molar-refractivity contribution is 6.22. The van der Waals surface area contributed by atoms with Crippen molar-refractivity contribution in [3.05, 3.63) is 64.7 Å². The van der Waals surface area contributed by atoms with Crippen LogP contribution in [0.3, 0.4) is 0 Å². The fourth-order valence-corrected chi connectivity index (χ4v) is 4.23. The van der Waals surface area contributed by atoms with Gasteiger partial charge in [0, 0.05) is 30.4 Å². The molecule has 11 heteroatoms. The number of rotatable bonds is 4. The summed E-state index contributed by atoms with van der Waals surface area (Å²) in [5, 5.41) is 2.39. The van der Waals surface area contributed by atoms with Crippen molar-refractivity contribution in [2.45, 2.75) is 32.0 Å². The molecular weight excluding hydrogens is 467 g/mol. The summed E-state index contributed by atoms with van der Waals surface area (Å²) in [5.41, 5.74) is -0.725. The van der Waals surface area contributed by atoms with Crippen LogP contribution in [0.4, 0.5) is 23.7 Å². The monoisotopic (exact) mass is 489 g/mol. The topological polar surface area (TPSA) is 96.0 Å². The average molecular weight is 489 g/mol. The van der Waals surface area contributed by atoms with Crippen molar-refractivity contribution in [1.29, 1.82) is 0 Å². The van der Waals surface area contributed by atoms with Gasteiger partial charge in [0.05, 0.1) is 23.3 Å². The first kappa shape index (κ1) is 24.2. The van der Waals surface area contributed by atoms with Crippen molar-refractivity contribution in [1.82, 2.24) is 9.80 Å². The lowest BCUT2D eigenvalue weighted by molar-refractivity contribution is -0.137. The highest BCUT2D eigenvalue weighted by atomic mass is 19.4. The zero-order chi connectivity index (χ0) is 25.3. The summed E-state index contributed by atoms with van der Waals surface area (Å²) in [6.45, 7) is 2.63. The van der Waals surface area contributed by atoms with Gasteiger partial charge in [-0.15, -0.1) is 0 Å². The number of amides is 4. The second kappa shape index (κ2) is 9.40. The van der Waals surface area contributed by atoms with E-state index in [1.165, 1.54) is 35.2 Å². The number of imide groups is 1. The van der Waals surface area contributed by atoms with E-state index < -0.39 is 41.6 Å². The second-order valence-electron chi connectivity index (χ2n) is 8.19. The Kier molecular flexibility index (Phi) is 6.51. The van der Waals surface area contributed by atoms with Gasteiger partial charge in [-0.25, -0.2) is 4.79 Å². The molecule has 4 rings (SSSR count). The van der Waals surface area contributed by atoms with Gasteiger partial charge in [-0.1, -0.05) is 6.07 Å². The Morgan fingerprint density at radius 2 is 1.71 bits per heavy atom. The Morgan fingerprint density at radius 1 is 1.03 bits per heavy atom. The summed E-state index contributed by atoms with van der Waals surface area (Å²) in [6.07, 6.45) is -4.21. The number of piperidine rings is 1. The molecule has 4 amide bonds. The molecule has 1 saturated heterocycles. The number of hydrogen-bond donors (Lipinski definition) is 1. The van der Waals surface area contributed by atoms with Crippen LogP contribution in [-0.2, 0) is 10.9 Å². The van der Waals surface area contributed by atoms with Crippen LogP contribution in [0.5, 0.6) is 0 Å². The number of benzene rings is 2. The molecule has 2 aliphatic heterocycles. The number of nitrogens with zero attached hydrogens (tertiary/aromatic N) is 2. The van der Waals surface area contributed by atoms with E-state index in [4.69, 9.17) is 4.74 Å². The van der Waals surface area contributed by atoms with Crippen LogP contribution in [0.2, 0.25) is 0 Å². The van der Waals surface area contributed by atoms with Crippen LogP contribution < -0.4 is 5.32 Å². The molecule has 8 nitrogen and oxygen atoms in total. The van der Waals surface area contributed by atoms with Gasteiger partial charge in [0.25, 0.3) is 17.7 Å². The Hall–Kier alpha value is -3.89. The lowest BCUT2D eigenvalue weighted by atomic mass is 10.0. The van der Waals surface area contributed by atoms with Crippen molar-refractivity contribution in [3.63, 3.8) is 0 Å². The summed E-state index contributed by atoms with van der Waals surface area (Å²) in [6, 6.07) is 7.77. The number of carbonyl (C=O) groups excluding carboxylic acids is 4. The van der Waals surface area contributed by atoms with Gasteiger partial charge < -0.3 is 15.0 Å². The van der Waals surface area contributed by atoms with E-state index in [0.717, 1.165) is 17.0 Å². The highest BCUT2D eigenvalue weighted by Crippen LogP contribution is 2.32. The molecule has 0 atom stereocenters. The number of carbonyl (C=O) groups is 4. The number of fused-ring (bicyclic) bond motifs is 1. The molecule has 2 heterocycles. The van der Waals surface area contributed by atoms with E-state index in [9.17, 15) is 32.3 Å². The molecule has 0 bridgehead atoms. The average Bonchev–Trinajstić information content (AvgIpc) is 3.08. The summed E-state index contributed by atoms with van der Waals surface area (Å²) >= 11 is 0. The molecule has 0 saturated carbocycles. The van der Waals surface area contributed by atoms with Gasteiger partial charge >= 0.3 is 12.3 Å². The Balaban J connectivity index is 1.47. The molecule has 1 N–H and O–H groups in total. The summed E-state index contributed by atoms with van der Waals surface area (Å²) in [5.74, 6) is -1.74. The Bertz CT molecular complexity index is 1190. The molecule has 2 aromatic rings. The summed E-state index contributed by atoms with van der Waals surface area (Å²) in [7, 11) is 0. The minimum atomic E-state index is -4.56. The van der Waals surface area contributed by atoms with Crippen molar-refractivity contribution in [3.8, 4) is 0 Å². The predicted molar refractivity (Wildman–Crippen MR) is 118 cm³/mol. The van der Waals surface area contributed by atoms with E-state index in [0.29, 0.717) is 25.9 Å². The molecule has 0 radical (unpaired) electrons. The Morgan fingerprint density at radius 3 is 2.37 bits per heavy atom. The van der Waals surface area contributed by atoms with E-state index in [-0.39, 0.29) is 29.0 Å². The maximum atomic E-state index is 13.1. The minimum Gasteiger partial charge on any atom is -0.450 e. The van der Waals surface area contributed by atoms with Crippen molar-refractivity contribution >= 4 is 29.5 Å². The number of hydrogen-bond acceptors (Lipinski definition) is 5. The van der Waals surface area contributed by atoms with Gasteiger partial charge in [-0.2, -0.15) is 13.2 Å². The van der Waals surface area contributed by atoms with E-state index in [1.807, 2.05) is 0 Å². The fraction of sp³-hybridized carbons (Fsp3) is 0.333. The summed E-state index contributed by atoms with van der Waals surface area (Å²) < 4.78 is 43.8. The Labute approximate surface area is 198 Å². The number of halogens is 3. The predicted octanol–water partition coefficient (Wildman–Crippen LogP) is 4.17. The lowest BCUT2D eigenvalue weighted by Gasteiger charge is -2.35. The van der Waals surface area contributed by atoms with Crippen molar-refractivity contribution < 1.29 is 37.1 Å². The normalized spacial score (nSPS) is 16.3. The molecule has 1 fully saturated rings. The fourth-order valence-electron chi connectivity index (χ4n) is 4.23. The number of ether oxygens (including phenoxy) is 1. The van der Waals surface area contributed by atoms with Crippen LogP contribution in [0.25, 0.3) is 0 Å². The maximum Gasteiger partial charge on any atom is 0.416 e. The van der Waals surface area contributed by atoms with Gasteiger partial charge in [0.15, 0.2) is 0 Å². The van der Waals surface area contributed by atoms with Crippen LogP contribution in [0.15, 0.2) is 42.5 Å². The van der Waals surface area contributed by atoms with E-state index >= 15 is 0 Å². The maximum absolute atomic E-state index is 13.1. The van der Waals surface area contributed by atoms with Crippen LogP contribution in [-0.4, -0.2) is 59.4 Å². The van der Waals surface area contributed by atoms with Gasteiger partial charge in [0.1, 0.15) is 0 Å². The number of anilines is 1. The molecule has 35 heavy (non-hydrogen) atoms. The largest absolute Gasteiger partial charge is 0.450 e. The second-order valence-corrected chi connectivity index (χ2v) is 8.19. The SMILES string of the molecule is CCOC(=O)N1CCC(N2C(=O)c3ccc(C(=O)Nc4cccc(C(F)(F)F)c4)cc3C2=O)CC1. The smallest absolute Gasteiger partial charge is 0.416 e. The van der Waals surface area contributed by atoms with Gasteiger partial charge in [-0.3, -0.25) is 19.3 Å². The van der Waals surface area contributed by atoms with Crippen LogP contribution >= 0.6 is 0 Å². The number of likely N-dealkylation sites (tertiary alicyclic amines) is 1. The molecule has 0 unspecified atom stereocenters. The third-order valence-corrected chi connectivity index (χ3v) is 5.98. The van der Waals surface area contributed by atoms with Gasteiger partial charge in [0.2, 0.25) is 0 Å². The molecule has 2 aliphatic rings. The van der Waals surface area contributed by atoms with Crippen molar-refractivity contribution in [2.24, 2.45) is 0 Å². The van der Waals surface area contributed by atoms with E-state index in [2.05, 4.69) is 5.32 Å². The third kappa shape index (κ3) is 4.84. The third-order valence-electron chi connectivity index (χ3n) is 5.98. The molecule has 0 spiro atoms. The van der Waals surface area contributed by atoms with Crippen LogP contribution in [0, 0.1) is 0 Å². The quantitative estimate of drug-likeness (QED) is 0.651. The minimum absolute atomic E-state index is 0.0290. The van der Waals surface area contributed by atoms with Crippen LogP contribution in [0.1, 0.15) is 56.4 Å². The number of nitrogens with one attached hydrogen (secondary N) is 1. The first-order valence-electron chi connectivity index (χ1n) is 11.0. The molecule has 2 aromatic carbocycles. The zero-order valence-corrected chi connectivity index (χ0v) is 18.7. The first-order valence-corrected chi connectivity index (χ1v) is 11.0. The highest BCUT2D eigenvalue weighted by Gasteiger charge is 2.41. The van der Waals surface area contributed by atoms with Gasteiger partial charge in [-0.05, 0) is 56.2 Å². The summed E-state index contributed by atoms with van der Waals surface area (Å²) in [4.78, 5) is 53.2. The zero-order valence-electron chi connectivity index (χ0n) is 18.7. The standard InChI is InChI=1S/C24H22F3N3O5/c1-2-35-23(34)29-10-8-17(9-11-29)30-21(32)18-7-6-14(12-19(18)22(30)33)20(31)28-16-5-3-4-15(13-16)24(25,26)27/h3-7,12-13,17H,2,8-11H2,1H3,(H,28,31). The molecule has 184 valence electrons. The molecule has 0 aromatic heterocycles. The lowest BCUT2D eigenvalue weighted by Crippen LogP contribution is -2.48. The molecule has 0 aliphatic carbocycles. The van der Waals surface area contributed by atoms with Crippen molar-refractivity contribution in [2.75, 3.05) is 25.0 Å². The number of alkyl halides is 3. The van der Waals surface area contributed by atoms with E-state index in [1.54, 1.807) is 6.92 Å². The molecular formula is C24H22F3N3O5. The first-order chi connectivity index (χ1) is 16.6.